The number of nitrogens with zero attached hydrogens (tertiary/aromatic N) is 1. The molecule has 5 aliphatic rings. The van der Waals surface area contributed by atoms with Crippen molar-refractivity contribution in [1.29, 1.82) is 5.41 Å². The molecule has 0 spiro atoms. The molecule has 40 heavy (non-hydrogen) atoms. The van der Waals surface area contributed by atoms with Crippen LogP contribution in [-0.4, -0.2) is 47.9 Å². The van der Waals surface area contributed by atoms with Crippen molar-refractivity contribution < 1.29 is 11.0 Å². The maximum atomic E-state index is 11.2. The van der Waals surface area contributed by atoms with Gasteiger partial charge in [-0.2, -0.15) is 0 Å². The molecule has 5 nitrogen and oxygen atoms in total. The van der Waals surface area contributed by atoms with Crippen molar-refractivity contribution in [2.45, 2.75) is 130 Å². The van der Waals surface area contributed by atoms with Crippen molar-refractivity contribution in [3.63, 3.8) is 0 Å². The highest BCUT2D eigenvalue weighted by molar-refractivity contribution is 5.83. The number of Topliss-reactive ketones (excluding diaryl/α,β-unsaturated/α-hetero) is 1. The Kier molecular flexibility index (Phi) is 10.2. The number of hydrogen-bond acceptors (Lipinski definition) is 5. The Morgan fingerprint density at radius 1 is 1.15 bits per heavy atom. The van der Waals surface area contributed by atoms with Gasteiger partial charge < -0.3 is 15.6 Å². The minimum atomic E-state index is 0. The van der Waals surface area contributed by atoms with Gasteiger partial charge in [0.2, 0.25) is 0 Å². The fourth-order valence-electron chi connectivity index (χ4n) is 9.82. The summed E-state index contributed by atoms with van der Waals surface area (Å²) in [5.74, 6) is 3.19. The van der Waals surface area contributed by atoms with E-state index in [0.717, 1.165) is 55.2 Å². The normalized spacial score (nSPS) is 38.1. The fourth-order valence-corrected chi connectivity index (χ4v) is 9.82. The first-order valence-electron chi connectivity index (χ1n) is 16.4. The molecule has 5 heteroatoms. The zero-order valence-electron chi connectivity index (χ0n) is 26.2. The van der Waals surface area contributed by atoms with Crippen LogP contribution in [0.25, 0.3) is 0 Å². The van der Waals surface area contributed by atoms with Crippen LogP contribution in [0.3, 0.4) is 0 Å². The number of nitrogens with one attached hydrogen (secondary N) is 2. The van der Waals surface area contributed by atoms with Gasteiger partial charge in [-0.15, -0.1) is 0 Å². The zero-order chi connectivity index (χ0) is 29.1. The molecule has 0 aromatic rings. The third-order valence-electron chi connectivity index (χ3n) is 12.1. The summed E-state index contributed by atoms with van der Waals surface area (Å²) in [7, 11) is 0. The zero-order valence-corrected chi connectivity index (χ0v) is 26.2. The molecule has 0 amide bonds. The van der Waals surface area contributed by atoms with Crippen LogP contribution in [0.1, 0.15) is 120 Å². The summed E-state index contributed by atoms with van der Waals surface area (Å²) >= 11 is 0. The summed E-state index contributed by atoms with van der Waals surface area (Å²) in [5, 5.41) is 11.5. The quantitative estimate of drug-likeness (QED) is 0.174. The lowest BCUT2D eigenvalue weighted by Gasteiger charge is -2.57. The summed E-state index contributed by atoms with van der Waals surface area (Å²) < 4.78 is 0. The first-order valence-corrected chi connectivity index (χ1v) is 16.4. The van der Waals surface area contributed by atoms with E-state index in [4.69, 9.17) is 5.41 Å². The highest BCUT2D eigenvalue weighted by Crippen LogP contribution is 2.66. The maximum Gasteiger partial charge on any atom is 0.148 e. The van der Waals surface area contributed by atoms with E-state index in [1.807, 2.05) is 13.0 Å². The van der Waals surface area contributed by atoms with E-state index in [1.165, 1.54) is 75.5 Å². The fraction of sp³-hybridized carbons (Fsp3) is 0.800. The van der Waals surface area contributed by atoms with Crippen molar-refractivity contribution >= 4 is 17.8 Å². The standard InChI is InChI=1S/C22H35NO.C13H22N2O.H2/c1-5-12-21(3)16(11-14-24)6-7-17-19-9-8-18(15(2)23)22(19,4)13-10-20(17)21;1-10(2)15(12-4-3-5-12)7-6-11-8-13(16)9-14-11;/h11,14,17-20,23H,5-10,12-13H2,1-4H3;11-12,14H,1,3-9H2,2H3;1H/b16-11-,23-15?;;. The highest BCUT2D eigenvalue weighted by atomic mass is 16.1. The predicted octanol–water partition coefficient (Wildman–Crippen LogP) is 7.75. The van der Waals surface area contributed by atoms with Crippen molar-refractivity contribution in [2.75, 3.05) is 13.1 Å². The lowest BCUT2D eigenvalue weighted by atomic mass is 9.47. The summed E-state index contributed by atoms with van der Waals surface area (Å²) in [5.41, 5.74) is 4.08. The van der Waals surface area contributed by atoms with Gasteiger partial charge in [0.15, 0.2) is 0 Å². The predicted molar refractivity (Wildman–Crippen MR) is 168 cm³/mol. The molecule has 226 valence electrons. The van der Waals surface area contributed by atoms with Crippen molar-refractivity contribution in [3.8, 4) is 0 Å². The molecule has 5 fully saturated rings. The molecule has 0 aromatic heterocycles. The molecule has 1 heterocycles. The van der Waals surface area contributed by atoms with Gasteiger partial charge in [-0.05, 0) is 119 Å². The van der Waals surface area contributed by atoms with E-state index >= 15 is 0 Å². The molecular formula is C35H59N3O2. The monoisotopic (exact) mass is 553 g/mol. The van der Waals surface area contributed by atoms with Crippen LogP contribution in [-0.2, 0) is 9.59 Å². The van der Waals surface area contributed by atoms with Crippen LogP contribution in [0.4, 0.5) is 0 Å². The smallest absolute Gasteiger partial charge is 0.148 e. The largest absolute Gasteiger partial charge is 0.372 e. The van der Waals surface area contributed by atoms with Crippen LogP contribution in [0.5, 0.6) is 0 Å². The number of carbonyl (C=O) groups is 2. The average Bonchev–Trinajstić information content (AvgIpc) is 3.45. The number of rotatable bonds is 9. The number of carbonyl (C=O) groups excluding carboxylic acids is 2. The molecule has 4 saturated carbocycles. The lowest BCUT2D eigenvalue weighted by molar-refractivity contribution is -0.116. The first-order chi connectivity index (χ1) is 19.0. The highest BCUT2D eigenvalue weighted by Gasteiger charge is 2.58. The number of fused-ring (bicyclic) bond motifs is 3. The molecule has 0 aromatic carbocycles. The Bertz CT molecular complexity index is 990. The van der Waals surface area contributed by atoms with Crippen LogP contribution >= 0.6 is 0 Å². The SMILES string of the molecule is C=C(C)N(CCC1CC(=O)CN1)C1CCC1.CCCC1(C)/C(=C\C=O)CCC2C1CCC1(C)C(C(C)=N)CCC21.[HH]. The van der Waals surface area contributed by atoms with Crippen molar-refractivity contribution in [2.24, 2.45) is 34.5 Å². The second-order valence-corrected chi connectivity index (χ2v) is 14.4. The molecule has 1 aliphatic heterocycles. The van der Waals surface area contributed by atoms with Gasteiger partial charge in [-0.1, -0.05) is 39.3 Å². The Hall–Kier alpha value is -1.75. The topological polar surface area (TPSA) is 73.3 Å². The number of hydrogen-bond donors (Lipinski definition) is 2. The average molecular weight is 554 g/mol. The summed E-state index contributed by atoms with van der Waals surface area (Å²) in [4.78, 5) is 24.7. The first kappa shape index (κ1) is 31.2. The van der Waals surface area contributed by atoms with Crippen LogP contribution in [0.15, 0.2) is 23.9 Å². The van der Waals surface area contributed by atoms with Gasteiger partial charge in [0, 0.05) is 43.8 Å². The van der Waals surface area contributed by atoms with Gasteiger partial charge in [-0.3, -0.25) is 9.59 Å². The second kappa shape index (κ2) is 13.0. The van der Waals surface area contributed by atoms with E-state index < -0.39 is 0 Å². The Labute approximate surface area is 246 Å². The van der Waals surface area contributed by atoms with E-state index in [1.54, 1.807) is 0 Å². The van der Waals surface area contributed by atoms with Gasteiger partial charge in [0.25, 0.3) is 0 Å². The minimum Gasteiger partial charge on any atom is -0.372 e. The number of allylic oxidation sites excluding steroid dienone is 3. The molecule has 4 aliphatic carbocycles. The number of ketones is 1. The summed E-state index contributed by atoms with van der Waals surface area (Å²) in [6.07, 6.45) is 18.5. The summed E-state index contributed by atoms with van der Waals surface area (Å²) in [6, 6.07) is 1.11. The van der Waals surface area contributed by atoms with Crippen LogP contribution in [0.2, 0.25) is 0 Å². The molecule has 7 atom stereocenters. The number of aldehydes is 1. The molecule has 1 saturated heterocycles. The molecule has 0 bridgehead atoms. The molecule has 7 unspecified atom stereocenters. The molecule has 5 rings (SSSR count). The van der Waals surface area contributed by atoms with Gasteiger partial charge in [0.1, 0.15) is 12.1 Å². The minimum absolute atomic E-state index is 0. The Morgan fingerprint density at radius 3 is 2.45 bits per heavy atom. The van der Waals surface area contributed by atoms with Gasteiger partial charge in [-0.25, -0.2) is 0 Å². The van der Waals surface area contributed by atoms with Gasteiger partial charge in [0.05, 0.1) is 6.54 Å². The Balaban J connectivity index is 0.000000238. The van der Waals surface area contributed by atoms with Crippen LogP contribution < -0.4 is 5.32 Å². The second-order valence-electron chi connectivity index (χ2n) is 14.4. The third kappa shape index (κ3) is 6.20. The van der Waals surface area contributed by atoms with Gasteiger partial charge >= 0.3 is 0 Å². The lowest BCUT2D eigenvalue weighted by Crippen LogP contribution is -2.50. The third-order valence-corrected chi connectivity index (χ3v) is 12.1. The van der Waals surface area contributed by atoms with E-state index in [9.17, 15) is 9.59 Å². The van der Waals surface area contributed by atoms with Crippen LogP contribution in [0, 0.1) is 39.9 Å². The maximum absolute atomic E-state index is 11.2. The van der Waals surface area contributed by atoms with Crippen molar-refractivity contribution in [1.82, 2.24) is 10.2 Å². The van der Waals surface area contributed by atoms with Crippen molar-refractivity contribution in [3.05, 3.63) is 23.9 Å². The Morgan fingerprint density at radius 2 is 1.90 bits per heavy atom. The van der Waals surface area contributed by atoms with E-state index in [-0.39, 0.29) is 6.84 Å². The summed E-state index contributed by atoms with van der Waals surface area (Å²) in [6.45, 7) is 17.0. The molecule has 2 N–H and O–H groups in total. The molecule has 0 radical (unpaired) electrons. The molecular weight excluding hydrogens is 494 g/mol. The van der Waals surface area contributed by atoms with E-state index in [2.05, 4.69) is 44.5 Å². The van der Waals surface area contributed by atoms with E-state index in [0.29, 0.717) is 36.1 Å².